The monoisotopic (exact) mass is 512 g/mol. The first kappa shape index (κ1) is 24.4. The summed E-state index contributed by atoms with van der Waals surface area (Å²) in [7, 11) is -0.825. The maximum absolute atomic E-state index is 15.4. The first-order valence-electron chi connectivity index (χ1n) is 11.8. The summed E-state index contributed by atoms with van der Waals surface area (Å²) in [5.74, 6) is 0.477. The van der Waals surface area contributed by atoms with Crippen molar-refractivity contribution in [3.05, 3.63) is 59.7 Å². The number of nitrogens with one attached hydrogen (secondary N) is 2. The second kappa shape index (κ2) is 10.7. The van der Waals surface area contributed by atoms with Gasteiger partial charge in [-0.2, -0.15) is 5.26 Å². The van der Waals surface area contributed by atoms with Crippen molar-refractivity contribution in [3.63, 3.8) is 0 Å². The highest BCUT2D eigenvalue weighted by Gasteiger charge is 2.21. The Kier molecular flexibility index (Phi) is 7.27. The molecule has 2 N–H and O–H groups in total. The molecule has 36 heavy (non-hydrogen) atoms. The van der Waals surface area contributed by atoms with Gasteiger partial charge in [-0.05, 0) is 30.3 Å². The predicted octanol–water partition coefficient (Wildman–Crippen LogP) is 2.66. The highest BCUT2D eigenvalue weighted by Crippen LogP contribution is 2.30. The molecular weight excluding hydrogens is 486 g/mol. The summed E-state index contributed by atoms with van der Waals surface area (Å²) < 4.78 is 48.7. The second-order valence-electron chi connectivity index (χ2n) is 8.68. The average Bonchev–Trinajstić information content (AvgIpc) is 3.32. The third kappa shape index (κ3) is 5.26. The topological polar surface area (TPSA) is 95.2 Å². The van der Waals surface area contributed by atoms with Crippen molar-refractivity contribution in [1.82, 2.24) is 15.1 Å². The van der Waals surface area contributed by atoms with Crippen LogP contribution in [0.4, 0.5) is 20.3 Å². The average molecular weight is 513 g/mol. The summed E-state index contributed by atoms with van der Waals surface area (Å²) in [6.45, 7) is 3.86. The summed E-state index contributed by atoms with van der Waals surface area (Å²) in [5.41, 5.74) is 1.80. The smallest absolute Gasteiger partial charge is 0.150 e. The molecule has 2 aliphatic rings. The summed E-state index contributed by atoms with van der Waals surface area (Å²) >= 11 is 0. The number of aromatic nitrogens is 2. The molecule has 0 spiro atoms. The number of ether oxygens (including phenoxy) is 1. The van der Waals surface area contributed by atoms with Gasteiger partial charge in [0.05, 0.1) is 24.0 Å². The van der Waals surface area contributed by atoms with E-state index in [9.17, 15) is 8.60 Å². The minimum Gasteiger partial charge on any atom is -0.374 e. The number of rotatable bonds is 6. The van der Waals surface area contributed by atoms with Crippen LogP contribution in [0.15, 0.2) is 42.5 Å². The van der Waals surface area contributed by atoms with Crippen molar-refractivity contribution >= 4 is 22.3 Å². The number of morpholine rings is 1. The van der Waals surface area contributed by atoms with Crippen molar-refractivity contribution in [2.45, 2.75) is 6.10 Å². The number of halogens is 2. The van der Waals surface area contributed by atoms with Crippen molar-refractivity contribution in [3.8, 4) is 23.0 Å². The fourth-order valence-electron chi connectivity index (χ4n) is 4.35. The van der Waals surface area contributed by atoms with Crippen LogP contribution >= 0.6 is 0 Å². The van der Waals surface area contributed by atoms with Crippen molar-refractivity contribution in [1.29, 1.82) is 5.26 Å². The number of hydrogen-bond donors (Lipinski definition) is 2. The second-order valence-corrected chi connectivity index (χ2v) is 10.4. The lowest BCUT2D eigenvalue weighted by Crippen LogP contribution is -2.42. The fraction of sp³-hybridized carbons (Fsp3) is 0.360. The molecule has 1 aromatic heterocycles. The van der Waals surface area contributed by atoms with Crippen LogP contribution in [0.3, 0.4) is 0 Å². The molecule has 8 nitrogen and oxygen atoms in total. The third-order valence-corrected chi connectivity index (χ3v) is 7.59. The van der Waals surface area contributed by atoms with E-state index < -0.39 is 22.4 Å². The van der Waals surface area contributed by atoms with Gasteiger partial charge >= 0.3 is 0 Å². The third-order valence-electron chi connectivity index (χ3n) is 6.31. The Hall–Kier alpha value is -3.33. The number of nitriles is 1. The van der Waals surface area contributed by atoms with E-state index in [0.29, 0.717) is 67.1 Å². The van der Waals surface area contributed by atoms with E-state index >= 15 is 4.39 Å². The maximum atomic E-state index is 15.4. The van der Waals surface area contributed by atoms with E-state index in [-0.39, 0.29) is 17.4 Å². The predicted molar refractivity (Wildman–Crippen MR) is 135 cm³/mol. The zero-order valence-corrected chi connectivity index (χ0v) is 20.4. The van der Waals surface area contributed by atoms with Crippen LogP contribution in [-0.4, -0.2) is 70.9 Å². The highest BCUT2D eigenvalue weighted by molar-refractivity contribution is 7.85. The highest BCUT2D eigenvalue weighted by atomic mass is 32.2. The molecule has 0 saturated carbocycles. The van der Waals surface area contributed by atoms with Crippen molar-refractivity contribution < 1.29 is 17.7 Å². The molecule has 2 aromatic carbocycles. The van der Waals surface area contributed by atoms with Crippen LogP contribution in [0.1, 0.15) is 5.56 Å². The molecule has 0 radical (unpaired) electrons. The molecule has 5 rings (SSSR count). The van der Waals surface area contributed by atoms with Gasteiger partial charge in [0.25, 0.3) is 0 Å². The lowest BCUT2D eigenvalue weighted by Gasteiger charge is -2.28. The van der Waals surface area contributed by atoms with Crippen molar-refractivity contribution in [2.75, 3.05) is 61.1 Å². The van der Waals surface area contributed by atoms with Gasteiger partial charge < -0.3 is 20.3 Å². The molecule has 0 bridgehead atoms. The summed E-state index contributed by atoms with van der Waals surface area (Å²) in [6, 6.07) is 12.7. The number of benzene rings is 2. The van der Waals surface area contributed by atoms with E-state index in [1.165, 1.54) is 22.9 Å². The Bertz CT molecular complexity index is 1310. The number of anilines is 2. The van der Waals surface area contributed by atoms with E-state index in [0.717, 1.165) is 6.54 Å². The maximum Gasteiger partial charge on any atom is 0.150 e. The summed E-state index contributed by atoms with van der Waals surface area (Å²) in [6.07, 6.45) is -0.0328. The quantitative estimate of drug-likeness (QED) is 0.524. The fourth-order valence-corrected chi connectivity index (χ4v) is 5.40. The van der Waals surface area contributed by atoms with Gasteiger partial charge in [-0.1, -0.05) is 6.07 Å². The molecule has 3 heterocycles. The molecule has 11 heteroatoms. The van der Waals surface area contributed by atoms with Crippen LogP contribution in [0.2, 0.25) is 0 Å². The summed E-state index contributed by atoms with van der Waals surface area (Å²) in [4.78, 5) is 2.01. The van der Waals surface area contributed by atoms with E-state index in [1.807, 2.05) is 17.0 Å². The molecule has 2 aliphatic heterocycles. The molecule has 0 amide bonds. The van der Waals surface area contributed by atoms with Crippen molar-refractivity contribution in [2.24, 2.45) is 0 Å². The van der Waals surface area contributed by atoms with Gasteiger partial charge in [-0.25, -0.2) is 13.5 Å². The molecular formula is C25H26F2N6O2S. The van der Waals surface area contributed by atoms with Gasteiger partial charge in [0, 0.05) is 72.3 Å². The lowest BCUT2D eigenvalue weighted by atomic mass is 10.1. The van der Waals surface area contributed by atoms with Crippen LogP contribution in [-0.2, 0) is 15.5 Å². The molecule has 2 fully saturated rings. The number of hydrogen-bond acceptors (Lipinski definition) is 7. The first-order valence-corrected chi connectivity index (χ1v) is 13.3. The lowest BCUT2D eigenvalue weighted by molar-refractivity contribution is 0.0372. The van der Waals surface area contributed by atoms with Crippen LogP contribution < -0.4 is 15.5 Å². The SMILES string of the molecule is N#Cc1ccc(-c2cc(NCC3CNCCO3)nn2-c2ccc(N3CCS(=O)CC3)cc2F)cc1F. The Morgan fingerprint density at radius 1 is 1.17 bits per heavy atom. The summed E-state index contributed by atoms with van der Waals surface area (Å²) in [5, 5.41) is 20.2. The Labute approximate surface area is 210 Å². The normalized spacial score (nSPS) is 18.7. The molecule has 3 aromatic rings. The Morgan fingerprint density at radius 3 is 2.69 bits per heavy atom. The largest absolute Gasteiger partial charge is 0.374 e. The van der Waals surface area contributed by atoms with Crippen LogP contribution in [0, 0.1) is 23.0 Å². The standard InChI is InChI=1S/C25H26F2N6O2S/c26-21-11-17(1-2-18(21)14-28)24-13-25(30-16-20-15-29-5-8-35-20)31-33(24)23-4-3-19(12-22(23)27)32-6-9-36(34)10-7-32/h1-4,11-13,20,29H,5-10,15-16H2,(H,30,31). The Morgan fingerprint density at radius 2 is 2.00 bits per heavy atom. The van der Waals surface area contributed by atoms with E-state index in [1.54, 1.807) is 18.2 Å². The minimum absolute atomic E-state index is 0.0328. The zero-order chi connectivity index (χ0) is 25.1. The number of nitrogens with zero attached hydrogens (tertiary/aromatic N) is 4. The molecule has 1 unspecified atom stereocenters. The Balaban J connectivity index is 1.47. The van der Waals surface area contributed by atoms with E-state index in [2.05, 4.69) is 15.7 Å². The zero-order valence-electron chi connectivity index (χ0n) is 19.5. The van der Waals surface area contributed by atoms with Crippen LogP contribution in [0.25, 0.3) is 16.9 Å². The van der Waals surface area contributed by atoms with Gasteiger partial charge in [0.15, 0.2) is 5.82 Å². The van der Waals surface area contributed by atoms with Gasteiger partial charge in [0.1, 0.15) is 23.4 Å². The van der Waals surface area contributed by atoms with Gasteiger partial charge in [-0.3, -0.25) is 4.21 Å². The molecule has 1 atom stereocenters. The van der Waals surface area contributed by atoms with Gasteiger partial charge in [0.2, 0.25) is 0 Å². The van der Waals surface area contributed by atoms with Crippen LogP contribution in [0.5, 0.6) is 0 Å². The minimum atomic E-state index is -0.825. The van der Waals surface area contributed by atoms with Gasteiger partial charge in [-0.15, -0.1) is 5.10 Å². The molecule has 188 valence electrons. The molecule has 0 aliphatic carbocycles. The van der Waals surface area contributed by atoms with E-state index in [4.69, 9.17) is 10.00 Å². The first-order chi connectivity index (χ1) is 17.5. The molecule has 2 saturated heterocycles.